The molecule has 5 aliphatic heterocycles. The van der Waals surface area contributed by atoms with Gasteiger partial charge in [-0.3, -0.25) is 4.79 Å². The molecule has 2 aromatic rings. The molecule has 1 fully saturated rings. The molecule has 0 saturated carbocycles. The van der Waals surface area contributed by atoms with Crippen LogP contribution in [0, 0.1) is 0 Å². The Labute approximate surface area is 141 Å². The van der Waals surface area contributed by atoms with Crippen molar-refractivity contribution in [3.05, 3.63) is 53.6 Å². The molecule has 124 valence electrons. The molecule has 2 N–H and O–H groups in total. The standard InChI is InChI=1S/C19H20N2O3/c1-23-17-7-4-13-9-16-19(22)21-14(11-20-16)8-12-2-5-15(6-3-12)24-18(17)10-13/h2-7,10,14,16,20H,8-9,11H2,1H3,(H,21,22)/t14-,16-/m0/s1. The lowest BCUT2D eigenvalue weighted by Crippen LogP contribution is -2.59. The first-order chi connectivity index (χ1) is 11.7. The van der Waals surface area contributed by atoms with E-state index in [4.69, 9.17) is 9.47 Å². The van der Waals surface area contributed by atoms with Crippen molar-refractivity contribution in [3.63, 3.8) is 0 Å². The van der Waals surface area contributed by atoms with Gasteiger partial charge in [-0.05, 0) is 48.2 Å². The predicted octanol–water partition coefficient (Wildman–Crippen LogP) is 2.04. The number of nitrogens with one attached hydrogen (secondary N) is 2. The normalized spacial score (nSPS) is 22.5. The second-order valence-corrected chi connectivity index (χ2v) is 6.31. The molecule has 2 aromatic carbocycles. The Morgan fingerprint density at radius 1 is 1.08 bits per heavy atom. The Morgan fingerprint density at radius 3 is 2.62 bits per heavy atom. The Morgan fingerprint density at radius 2 is 1.88 bits per heavy atom. The van der Waals surface area contributed by atoms with Gasteiger partial charge in [-0.1, -0.05) is 18.2 Å². The van der Waals surface area contributed by atoms with Gasteiger partial charge in [0.15, 0.2) is 11.5 Å². The minimum absolute atomic E-state index is 0.0539. The molecule has 7 rings (SSSR count). The van der Waals surface area contributed by atoms with Gasteiger partial charge in [0.1, 0.15) is 5.75 Å². The van der Waals surface area contributed by atoms with Gasteiger partial charge in [0.05, 0.1) is 13.2 Å². The van der Waals surface area contributed by atoms with E-state index in [1.165, 1.54) is 5.56 Å². The molecule has 5 aliphatic rings. The van der Waals surface area contributed by atoms with Crippen LogP contribution in [0.15, 0.2) is 42.5 Å². The van der Waals surface area contributed by atoms with Crippen molar-refractivity contribution in [1.82, 2.24) is 10.6 Å². The molecular formula is C19H20N2O3. The summed E-state index contributed by atoms with van der Waals surface area (Å²) in [6.45, 7) is 0.775. The molecule has 5 nitrogen and oxygen atoms in total. The van der Waals surface area contributed by atoms with Crippen LogP contribution in [0.2, 0.25) is 0 Å². The van der Waals surface area contributed by atoms with Crippen LogP contribution in [0.3, 0.4) is 0 Å². The topological polar surface area (TPSA) is 59.6 Å². The quantitative estimate of drug-likeness (QED) is 0.843. The first-order valence-electron chi connectivity index (χ1n) is 8.19. The van der Waals surface area contributed by atoms with Crippen molar-refractivity contribution in [2.24, 2.45) is 0 Å². The molecule has 0 aromatic heterocycles. The number of benzene rings is 2. The van der Waals surface area contributed by atoms with E-state index in [0.29, 0.717) is 17.9 Å². The number of carbonyl (C=O) groups excluding carboxylic acids is 1. The van der Waals surface area contributed by atoms with Crippen LogP contribution in [0.1, 0.15) is 11.1 Å². The first kappa shape index (κ1) is 15.0. The SMILES string of the molecule is COc1ccc2cc1Oc1ccc(cc1)C[C@H]1CN[C@@H](C2)C(=O)N1. The van der Waals surface area contributed by atoms with Gasteiger partial charge in [0, 0.05) is 12.6 Å². The zero-order valence-electron chi connectivity index (χ0n) is 13.5. The van der Waals surface area contributed by atoms with Crippen LogP contribution in [-0.4, -0.2) is 31.6 Å². The van der Waals surface area contributed by atoms with Crippen LogP contribution in [0.25, 0.3) is 0 Å². The third kappa shape index (κ3) is 2.95. The van der Waals surface area contributed by atoms with Crippen molar-refractivity contribution in [3.8, 4) is 17.2 Å². The maximum Gasteiger partial charge on any atom is 0.237 e. The van der Waals surface area contributed by atoms with Crippen molar-refractivity contribution in [2.75, 3.05) is 13.7 Å². The van der Waals surface area contributed by atoms with E-state index < -0.39 is 0 Å². The molecule has 24 heavy (non-hydrogen) atoms. The lowest BCUT2D eigenvalue weighted by atomic mass is 9.98. The summed E-state index contributed by atoms with van der Waals surface area (Å²) in [6, 6.07) is 13.7. The summed E-state index contributed by atoms with van der Waals surface area (Å²) in [6.07, 6.45) is 1.43. The molecule has 5 heteroatoms. The van der Waals surface area contributed by atoms with Crippen LogP contribution >= 0.6 is 0 Å². The van der Waals surface area contributed by atoms with Crippen molar-refractivity contribution in [1.29, 1.82) is 0 Å². The molecule has 0 spiro atoms. The number of ether oxygens (including phenoxy) is 2. The number of amides is 1. The lowest BCUT2D eigenvalue weighted by Gasteiger charge is -2.31. The average Bonchev–Trinajstić information content (AvgIpc) is 2.59. The summed E-state index contributed by atoms with van der Waals surface area (Å²) in [5.41, 5.74) is 2.20. The monoisotopic (exact) mass is 324 g/mol. The smallest absolute Gasteiger partial charge is 0.237 e. The highest BCUT2D eigenvalue weighted by atomic mass is 16.5. The summed E-state index contributed by atoms with van der Waals surface area (Å²) in [5, 5.41) is 6.50. The fraction of sp³-hybridized carbons (Fsp3) is 0.316. The minimum Gasteiger partial charge on any atom is -0.493 e. The Hall–Kier alpha value is -2.53. The van der Waals surface area contributed by atoms with E-state index >= 15 is 0 Å². The van der Waals surface area contributed by atoms with Gasteiger partial charge >= 0.3 is 0 Å². The number of piperazine rings is 1. The van der Waals surface area contributed by atoms with E-state index in [-0.39, 0.29) is 18.0 Å². The number of methoxy groups -OCH3 is 1. The van der Waals surface area contributed by atoms with Crippen molar-refractivity contribution < 1.29 is 14.3 Å². The van der Waals surface area contributed by atoms with Crippen molar-refractivity contribution in [2.45, 2.75) is 24.9 Å². The first-order valence-corrected chi connectivity index (χ1v) is 8.19. The minimum atomic E-state index is -0.216. The van der Waals surface area contributed by atoms with E-state index in [1.54, 1.807) is 7.11 Å². The number of rotatable bonds is 1. The van der Waals surface area contributed by atoms with Gasteiger partial charge in [-0.25, -0.2) is 0 Å². The van der Waals surface area contributed by atoms with Crippen LogP contribution in [0.4, 0.5) is 0 Å². The van der Waals surface area contributed by atoms with E-state index in [0.717, 1.165) is 24.3 Å². The van der Waals surface area contributed by atoms with Gasteiger partial charge in [-0.15, -0.1) is 0 Å². The molecule has 2 atom stereocenters. The highest BCUT2D eigenvalue weighted by Gasteiger charge is 2.28. The molecule has 0 aliphatic carbocycles. The highest BCUT2D eigenvalue weighted by molar-refractivity contribution is 5.83. The van der Waals surface area contributed by atoms with Gasteiger partial charge in [0.2, 0.25) is 5.91 Å². The molecule has 1 amide bonds. The maximum absolute atomic E-state index is 12.4. The number of hydrogen-bond donors (Lipinski definition) is 2. The zero-order valence-corrected chi connectivity index (χ0v) is 13.5. The summed E-state index contributed by atoms with van der Waals surface area (Å²) in [4.78, 5) is 12.4. The molecule has 1 saturated heterocycles. The fourth-order valence-electron chi connectivity index (χ4n) is 3.29. The highest BCUT2D eigenvalue weighted by Crippen LogP contribution is 2.33. The van der Waals surface area contributed by atoms with E-state index in [1.807, 2.05) is 42.5 Å². The summed E-state index contributed by atoms with van der Waals surface area (Å²) in [5.74, 6) is 2.17. The summed E-state index contributed by atoms with van der Waals surface area (Å²) in [7, 11) is 1.62. The molecule has 0 unspecified atom stereocenters. The van der Waals surface area contributed by atoms with Gasteiger partial charge < -0.3 is 20.1 Å². The van der Waals surface area contributed by atoms with E-state index in [9.17, 15) is 4.79 Å². The average molecular weight is 324 g/mol. The van der Waals surface area contributed by atoms with Gasteiger partial charge in [-0.2, -0.15) is 0 Å². The number of hydrogen-bond acceptors (Lipinski definition) is 4. The predicted molar refractivity (Wildman–Crippen MR) is 90.6 cm³/mol. The lowest BCUT2D eigenvalue weighted by molar-refractivity contribution is -0.125. The molecule has 5 heterocycles. The largest absolute Gasteiger partial charge is 0.493 e. The van der Waals surface area contributed by atoms with E-state index in [2.05, 4.69) is 10.6 Å². The summed E-state index contributed by atoms with van der Waals surface area (Å²) >= 11 is 0. The second-order valence-electron chi connectivity index (χ2n) is 6.31. The molecule has 0 radical (unpaired) electrons. The van der Waals surface area contributed by atoms with Crippen molar-refractivity contribution >= 4 is 5.91 Å². The third-order valence-electron chi connectivity index (χ3n) is 4.57. The summed E-state index contributed by atoms with van der Waals surface area (Å²) < 4.78 is 11.4. The van der Waals surface area contributed by atoms with Crippen LogP contribution < -0.4 is 20.1 Å². The van der Waals surface area contributed by atoms with Gasteiger partial charge in [0.25, 0.3) is 0 Å². The number of carbonyl (C=O) groups is 1. The third-order valence-corrected chi connectivity index (χ3v) is 4.57. The Balaban J connectivity index is 1.76. The second kappa shape index (κ2) is 6.17. The zero-order chi connectivity index (χ0) is 16.5. The molecule has 6 bridgehead atoms. The maximum atomic E-state index is 12.4. The molecular weight excluding hydrogens is 304 g/mol. The Bertz CT molecular complexity index is 758. The fourth-order valence-corrected chi connectivity index (χ4v) is 3.29. The Kier molecular flexibility index (Phi) is 3.86. The van der Waals surface area contributed by atoms with Crippen LogP contribution in [0.5, 0.6) is 17.2 Å². The van der Waals surface area contributed by atoms with Crippen LogP contribution in [-0.2, 0) is 17.6 Å².